The number of para-hydroxylation sites is 1. The van der Waals surface area contributed by atoms with Crippen molar-refractivity contribution < 1.29 is 4.39 Å². The van der Waals surface area contributed by atoms with Crippen LogP contribution < -0.4 is 5.32 Å². The second-order valence-electron chi connectivity index (χ2n) is 4.94. The molecule has 1 N–H and O–H groups in total. The van der Waals surface area contributed by atoms with Crippen LogP contribution in [0.2, 0.25) is 0 Å². The van der Waals surface area contributed by atoms with E-state index in [9.17, 15) is 4.39 Å². The van der Waals surface area contributed by atoms with Gasteiger partial charge in [0.1, 0.15) is 5.82 Å². The summed E-state index contributed by atoms with van der Waals surface area (Å²) >= 11 is 1.73. The van der Waals surface area contributed by atoms with Crippen LogP contribution in [0.15, 0.2) is 66.0 Å². The van der Waals surface area contributed by atoms with E-state index < -0.39 is 0 Å². The molecule has 3 heteroatoms. The summed E-state index contributed by atoms with van der Waals surface area (Å²) in [5.74, 6) is -0.204. The Hall–Kier alpha value is -2.13. The Morgan fingerprint density at radius 3 is 2.43 bits per heavy atom. The molecule has 3 aromatic rings. The molecule has 0 fully saturated rings. The van der Waals surface area contributed by atoms with Crippen molar-refractivity contribution in [1.29, 1.82) is 0 Å². The van der Waals surface area contributed by atoms with Gasteiger partial charge in [0, 0.05) is 22.2 Å². The summed E-state index contributed by atoms with van der Waals surface area (Å²) in [4.78, 5) is 1.24. The molecule has 1 unspecified atom stereocenters. The minimum atomic E-state index is -0.204. The number of benzene rings is 2. The van der Waals surface area contributed by atoms with Gasteiger partial charge in [0.05, 0.1) is 0 Å². The summed E-state index contributed by atoms with van der Waals surface area (Å²) in [5, 5.41) is 5.60. The van der Waals surface area contributed by atoms with Crippen LogP contribution in [0.25, 0.3) is 10.4 Å². The smallest absolute Gasteiger partial charge is 0.123 e. The molecule has 0 saturated heterocycles. The Balaban J connectivity index is 1.86. The van der Waals surface area contributed by atoms with E-state index in [1.165, 1.54) is 22.6 Å². The van der Waals surface area contributed by atoms with Crippen LogP contribution in [0.4, 0.5) is 10.1 Å². The predicted molar refractivity (Wildman–Crippen MR) is 88.2 cm³/mol. The molecule has 21 heavy (non-hydrogen) atoms. The van der Waals surface area contributed by atoms with Gasteiger partial charge in [-0.05, 0) is 42.1 Å². The summed E-state index contributed by atoms with van der Waals surface area (Å²) in [6.07, 6.45) is 0. The summed E-state index contributed by atoms with van der Waals surface area (Å²) in [6.45, 7) is 2.08. The molecule has 3 rings (SSSR count). The van der Waals surface area contributed by atoms with E-state index in [2.05, 4.69) is 41.9 Å². The lowest BCUT2D eigenvalue weighted by molar-refractivity contribution is 0.626. The Kier molecular flexibility index (Phi) is 4.02. The van der Waals surface area contributed by atoms with E-state index in [4.69, 9.17) is 0 Å². The molecule has 2 aromatic carbocycles. The highest BCUT2D eigenvalue weighted by Crippen LogP contribution is 2.33. The molecule has 0 aliphatic heterocycles. The van der Waals surface area contributed by atoms with Gasteiger partial charge in [-0.2, -0.15) is 0 Å². The zero-order valence-corrected chi connectivity index (χ0v) is 12.5. The number of halogens is 1. The molecule has 1 atom stereocenters. The number of nitrogens with one attached hydrogen (secondary N) is 1. The van der Waals surface area contributed by atoms with Crippen LogP contribution in [0.5, 0.6) is 0 Å². The number of thiophene rings is 1. The maximum absolute atomic E-state index is 13.0. The van der Waals surface area contributed by atoms with Crippen LogP contribution in [0.1, 0.15) is 18.5 Å². The summed E-state index contributed by atoms with van der Waals surface area (Å²) in [5.41, 5.74) is 3.36. The van der Waals surface area contributed by atoms with Gasteiger partial charge in [0.25, 0.3) is 0 Å². The minimum absolute atomic E-state index is 0.117. The fourth-order valence-electron chi connectivity index (χ4n) is 2.32. The van der Waals surface area contributed by atoms with Crippen molar-refractivity contribution in [3.63, 3.8) is 0 Å². The average molecular weight is 297 g/mol. The Bertz CT molecular complexity index is 704. The zero-order valence-electron chi connectivity index (χ0n) is 11.7. The van der Waals surface area contributed by atoms with E-state index in [1.54, 1.807) is 11.3 Å². The topological polar surface area (TPSA) is 12.0 Å². The van der Waals surface area contributed by atoms with Gasteiger partial charge in [-0.1, -0.05) is 36.4 Å². The standard InChI is InChI=1S/C18H16FNS/c1-13(14-8-10-15(19)11-9-14)20-17-6-3-2-5-16(17)18-7-4-12-21-18/h2-13,20H,1H3. The lowest BCUT2D eigenvalue weighted by Crippen LogP contribution is -2.07. The zero-order chi connectivity index (χ0) is 14.7. The second kappa shape index (κ2) is 6.10. The first-order valence-electron chi connectivity index (χ1n) is 6.89. The van der Waals surface area contributed by atoms with Crippen molar-refractivity contribution in [1.82, 2.24) is 0 Å². The van der Waals surface area contributed by atoms with E-state index in [1.807, 2.05) is 24.3 Å². The molecule has 0 aliphatic rings. The minimum Gasteiger partial charge on any atom is -0.378 e. The van der Waals surface area contributed by atoms with Crippen LogP contribution in [-0.4, -0.2) is 0 Å². The molecular weight excluding hydrogens is 281 g/mol. The fourth-order valence-corrected chi connectivity index (χ4v) is 3.09. The Labute approximate surface area is 128 Å². The maximum Gasteiger partial charge on any atom is 0.123 e. The maximum atomic E-state index is 13.0. The SMILES string of the molecule is CC(Nc1ccccc1-c1cccs1)c1ccc(F)cc1. The third-order valence-corrected chi connectivity index (χ3v) is 4.36. The van der Waals surface area contributed by atoms with E-state index in [0.717, 1.165) is 11.3 Å². The van der Waals surface area contributed by atoms with Crippen molar-refractivity contribution in [2.75, 3.05) is 5.32 Å². The summed E-state index contributed by atoms with van der Waals surface area (Å²) < 4.78 is 13.0. The van der Waals surface area contributed by atoms with Gasteiger partial charge in [-0.25, -0.2) is 4.39 Å². The van der Waals surface area contributed by atoms with Crippen molar-refractivity contribution in [3.8, 4) is 10.4 Å². The second-order valence-corrected chi connectivity index (χ2v) is 5.89. The number of hydrogen-bond donors (Lipinski definition) is 1. The predicted octanol–water partition coefficient (Wildman–Crippen LogP) is 5.73. The molecule has 106 valence electrons. The Morgan fingerprint density at radius 1 is 0.952 bits per heavy atom. The van der Waals surface area contributed by atoms with Gasteiger partial charge >= 0.3 is 0 Å². The van der Waals surface area contributed by atoms with Gasteiger partial charge in [-0.3, -0.25) is 0 Å². The normalized spacial score (nSPS) is 12.1. The first kappa shape index (κ1) is 13.8. The molecule has 1 heterocycles. The van der Waals surface area contributed by atoms with Crippen LogP contribution >= 0.6 is 11.3 Å². The molecular formula is C18H16FNS. The Morgan fingerprint density at radius 2 is 1.71 bits per heavy atom. The van der Waals surface area contributed by atoms with Crippen molar-refractivity contribution in [2.24, 2.45) is 0 Å². The third-order valence-electron chi connectivity index (χ3n) is 3.46. The van der Waals surface area contributed by atoms with Crippen molar-refractivity contribution >= 4 is 17.0 Å². The average Bonchev–Trinajstić information content (AvgIpc) is 3.02. The fraction of sp³-hybridized carbons (Fsp3) is 0.111. The summed E-state index contributed by atoms with van der Waals surface area (Å²) in [6, 6.07) is 19.2. The van der Waals surface area contributed by atoms with Crippen molar-refractivity contribution in [3.05, 3.63) is 77.4 Å². The number of rotatable bonds is 4. The van der Waals surface area contributed by atoms with Crippen molar-refractivity contribution in [2.45, 2.75) is 13.0 Å². The largest absolute Gasteiger partial charge is 0.378 e. The summed E-state index contributed by atoms with van der Waals surface area (Å²) in [7, 11) is 0. The molecule has 0 radical (unpaired) electrons. The lowest BCUT2D eigenvalue weighted by Gasteiger charge is -2.18. The monoisotopic (exact) mass is 297 g/mol. The highest BCUT2D eigenvalue weighted by Gasteiger charge is 2.10. The van der Waals surface area contributed by atoms with Gasteiger partial charge in [-0.15, -0.1) is 11.3 Å². The van der Waals surface area contributed by atoms with E-state index in [-0.39, 0.29) is 11.9 Å². The van der Waals surface area contributed by atoms with Crippen LogP contribution in [0.3, 0.4) is 0 Å². The molecule has 0 spiro atoms. The van der Waals surface area contributed by atoms with E-state index in [0.29, 0.717) is 0 Å². The third kappa shape index (κ3) is 3.14. The van der Waals surface area contributed by atoms with Gasteiger partial charge in [0.15, 0.2) is 0 Å². The number of anilines is 1. The molecule has 0 aliphatic carbocycles. The van der Waals surface area contributed by atoms with E-state index >= 15 is 0 Å². The molecule has 0 amide bonds. The highest BCUT2D eigenvalue weighted by atomic mass is 32.1. The molecule has 0 bridgehead atoms. The molecule has 1 aromatic heterocycles. The van der Waals surface area contributed by atoms with Crippen LogP contribution in [-0.2, 0) is 0 Å². The first-order chi connectivity index (χ1) is 10.2. The van der Waals surface area contributed by atoms with Crippen LogP contribution in [0, 0.1) is 5.82 Å². The first-order valence-corrected chi connectivity index (χ1v) is 7.77. The molecule has 0 saturated carbocycles. The molecule has 1 nitrogen and oxygen atoms in total. The lowest BCUT2D eigenvalue weighted by atomic mass is 10.1. The highest BCUT2D eigenvalue weighted by molar-refractivity contribution is 7.13. The van der Waals surface area contributed by atoms with Gasteiger partial charge in [0.2, 0.25) is 0 Å². The number of hydrogen-bond acceptors (Lipinski definition) is 2. The van der Waals surface area contributed by atoms with Gasteiger partial charge < -0.3 is 5.32 Å². The quantitative estimate of drug-likeness (QED) is 0.648.